The van der Waals surface area contributed by atoms with Gasteiger partial charge in [-0.25, -0.2) is 0 Å². The average molecular weight is 343 g/mol. The van der Waals surface area contributed by atoms with E-state index in [1.165, 1.54) is 5.56 Å². The maximum absolute atomic E-state index is 12.1. The molecule has 0 aliphatic heterocycles. The van der Waals surface area contributed by atoms with Crippen LogP contribution in [0.3, 0.4) is 0 Å². The lowest BCUT2D eigenvalue weighted by Crippen LogP contribution is -2.20. The predicted molar refractivity (Wildman–Crippen MR) is 98.8 cm³/mol. The van der Waals surface area contributed by atoms with Gasteiger partial charge in [0.15, 0.2) is 18.1 Å². The molecule has 1 N–H and O–H groups in total. The van der Waals surface area contributed by atoms with E-state index in [9.17, 15) is 4.79 Å². The standard InChI is InChI=1S/C20H25NO4/c1-5-14(2)15-6-9-17(10-7-15)25-13-20(22)21-16-8-11-18(23-3)19(12-16)24-4/h6-12,14H,5,13H2,1-4H3,(H,21,22). The zero-order valence-electron chi connectivity index (χ0n) is 15.2. The molecule has 5 heteroatoms. The molecule has 0 spiro atoms. The van der Waals surface area contributed by atoms with Crippen LogP contribution in [0.4, 0.5) is 5.69 Å². The van der Waals surface area contributed by atoms with Gasteiger partial charge in [-0.3, -0.25) is 4.79 Å². The molecule has 1 unspecified atom stereocenters. The van der Waals surface area contributed by atoms with Crippen LogP contribution in [0, 0.1) is 0 Å². The largest absolute Gasteiger partial charge is 0.493 e. The number of benzene rings is 2. The SMILES string of the molecule is CCC(C)c1ccc(OCC(=O)Nc2ccc(OC)c(OC)c2)cc1. The normalized spacial score (nSPS) is 11.5. The molecule has 134 valence electrons. The molecule has 0 saturated heterocycles. The Bertz CT molecular complexity index is 697. The lowest BCUT2D eigenvalue weighted by Gasteiger charge is -2.12. The topological polar surface area (TPSA) is 56.8 Å². The molecule has 0 radical (unpaired) electrons. The monoisotopic (exact) mass is 343 g/mol. The van der Waals surface area contributed by atoms with Crippen LogP contribution in [0.1, 0.15) is 31.7 Å². The number of carbonyl (C=O) groups is 1. The van der Waals surface area contributed by atoms with Crippen molar-refractivity contribution in [3.63, 3.8) is 0 Å². The first kappa shape index (κ1) is 18.6. The van der Waals surface area contributed by atoms with E-state index in [1.807, 2.05) is 24.3 Å². The molecule has 0 bridgehead atoms. The second kappa shape index (κ2) is 8.97. The fraction of sp³-hybridized carbons (Fsp3) is 0.350. The molecule has 0 aromatic heterocycles. The fourth-order valence-electron chi connectivity index (χ4n) is 2.39. The van der Waals surface area contributed by atoms with Gasteiger partial charge in [0.2, 0.25) is 0 Å². The first-order valence-electron chi connectivity index (χ1n) is 8.32. The predicted octanol–water partition coefficient (Wildman–Crippen LogP) is 4.23. The summed E-state index contributed by atoms with van der Waals surface area (Å²) in [6.45, 7) is 4.29. The molecule has 0 heterocycles. The first-order valence-corrected chi connectivity index (χ1v) is 8.32. The molecular formula is C20H25NO4. The third kappa shape index (κ3) is 5.14. The number of rotatable bonds is 8. The molecule has 25 heavy (non-hydrogen) atoms. The van der Waals surface area contributed by atoms with Crippen molar-refractivity contribution in [3.8, 4) is 17.2 Å². The van der Waals surface area contributed by atoms with E-state index in [4.69, 9.17) is 14.2 Å². The van der Waals surface area contributed by atoms with Crippen molar-refractivity contribution in [2.75, 3.05) is 26.1 Å². The summed E-state index contributed by atoms with van der Waals surface area (Å²) in [7, 11) is 3.12. The van der Waals surface area contributed by atoms with Gasteiger partial charge in [0.1, 0.15) is 5.75 Å². The summed E-state index contributed by atoms with van der Waals surface area (Å²) < 4.78 is 15.9. The highest BCUT2D eigenvalue weighted by Gasteiger charge is 2.09. The lowest BCUT2D eigenvalue weighted by molar-refractivity contribution is -0.118. The van der Waals surface area contributed by atoms with Gasteiger partial charge in [0, 0.05) is 11.8 Å². The van der Waals surface area contributed by atoms with Gasteiger partial charge in [0.25, 0.3) is 5.91 Å². The number of amides is 1. The van der Waals surface area contributed by atoms with Gasteiger partial charge in [-0.05, 0) is 42.2 Å². The van der Waals surface area contributed by atoms with E-state index in [0.29, 0.717) is 28.9 Å². The van der Waals surface area contributed by atoms with Crippen molar-refractivity contribution in [2.24, 2.45) is 0 Å². The first-order chi connectivity index (χ1) is 12.1. The smallest absolute Gasteiger partial charge is 0.262 e. The van der Waals surface area contributed by atoms with Crippen molar-refractivity contribution in [3.05, 3.63) is 48.0 Å². The van der Waals surface area contributed by atoms with E-state index < -0.39 is 0 Å². The maximum atomic E-state index is 12.1. The van der Waals surface area contributed by atoms with E-state index in [-0.39, 0.29) is 12.5 Å². The minimum Gasteiger partial charge on any atom is -0.493 e. The molecule has 2 rings (SSSR count). The number of methoxy groups -OCH3 is 2. The minimum absolute atomic E-state index is 0.0585. The quantitative estimate of drug-likeness (QED) is 0.779. The van der Waals surface area contributed by atoms with E-state index in [0.717, 1.165) is 6.42 Å². The Morgan fingerprint density at radius 3 is 2.32 bits per heavy atom. The highest BCUT2D eigenvalue weighted by atomic mass is 16.5. The van der Waals surface area contributed by atoms with Crippen LogP contribution in [-0.4, -0.2) is 26.7 Å². The van der Waals surface area contributed by atoms with E-state index in [1.54, 1.807) is 32.4 Å². The molecule has 1 amide bonds. The number of hydrogen-bond acceptors (Lipinski definition) is 4. The number of nitrogens with one attached hydrogen (secondary N) is 1. The van der Waals surface area contributed by atoms with Gasteiger partial charge in [0.05, 0.1) is 14.2 Å². The summed E-state index contributed by atoms with van der Waals surface area (Å²) in [4.78, 5) is 12.1. The maximum Gasteiger partial charge on any atom is 0.262 e. The van der Waals surface area contributed by atoms with Crippen LogP contribution < -0.4 is 19.5 Å². The van der Waals surface area contributed by atoms with Crippen LogP contribution in [0.5, 0.6) is 17.2 Å². The molecular weight excluding hydrogens is 318 g/mol. The van der Waals surface area contributed by atoms with Crippen LogP contribution in [0.15, 0.2) is 42.5 Å². The Kier molecular flexibility index (Phi) is 6.69. The lowest BCUT2D eigenvalue weighted by atomic mass is 9.99. The second-order valence-corrected chi connectivity index (χ2v) is 5.78. The van der Waals surface area contributed by atoms with Gasteiger partial charge >= 0.3 is 0 Å². The molecule has 0 aliphatic rings. The Labute approximate surface area is 148 Å². The van der Waals surface area contributed by atoms with Gasteiger partial charge < -0.3 is 19.5 Å². The van der Waals surface area contributed by atoms with Gasteiger partial charge in [-0.1, -0.05) is 26.0 Å². The van der Waals surface area contributed by atoms with Crippen LogP contribution in [-0.2, 0) is 4.79 Å². The third-order valence-corrected chi connectivity index (χ3v) is 4.10. The molecule has 5 nitrogen and oxygen atoms in total. The van der Waals surface area contributed by atoms with Crippen molar-refractivity contribution in [1.82, 2.24) is 0 Å². The molecule has 2 aromatic carbocycles. The molecule has 0 fully saturated rings. The molecule has 0 saturated carbocycles. The average Bonchev–Trinajstić information content (AvgIpc) is 2.66. The Morgan fingerprint density at radius 2 is 1.72 bits per heavy atom. The number of ether oxygens (including phenoxy) is 3. The van der Waals surface area contributed by atoms with Crippen LogP contribution in [0.25, 0.3) is 0 Å². The zero-order valence-corrected chi connectivity index (χ0v) is 15.2. The Morgan fingerprint density at radius 1 is 1.04 bits per heavy atom. The fourth-order valence-corrected chi connectivity index (χ4v) is 2.39. The van der Waals surface area contributed by atoms with E-state index in [2.05, 4.69) is 19.2 Å². The van der Waals surface area contributed by atoms with Crippen molar-refractivity contribution >= 4 is 11.6 Å². The Hall–Kier alpha value is -2.69. The van der Waals surface area contributed by atoms with Gasteiger partial charge in [-0.2, -0.15) is 0 Å². The number of anilines is 1. The summed E-state index contributed by atoms with van der Waals surface area (Å²) in [6, 6.07) is 13.1. The molecule has 2 aromatic rings. The summed E-state index contributed by atoms with van der Waals surface area (Å²) >= 11 is 0. The summed E-state index contributed by atoms with van der Waals surface area (Å²) in [6.07, 6.45) is 1.09. The highest BCUT2D eigenvalue weighted by Crippen LogP contribution is 2.29. The Balaban J connectivity index is 1.90. The van der Waals surface area contributed by atoms with Crippen molar-refractivity contribution < 1.29 is 19.0 Å². The van der Waals surface area contributed by atoms with Gasteiger partial charge in [-0.15, -0.1) is 0 Å². The number of carbonyl (C=O) groups excluding carboxylic acids is 1. The minimum atomic E-state index is -0.238. The zero-order chi connectivity index (χ0) is 18.2. The number of hydrogen-bond donors (Lipinski definition) is 1. The third-order valence-electron chi connectivity index (χ3n) is 4.10. The summed E-state index contributed by atoms with van der Waals surface area (Å²) in [5.74, 6) is 2.12. The van der Waals surface area contributed by atoms with E-state index >= 15 is 0 Å². The van der Waals surface area contributed by atoms with Crippen molar-refractivity contribution in [1.29, 1.82) is 0 Å². The summed E-state index contributed by atoms with van der Waals surface area (Å²) in [5, 5.41) is 2.78. The molecule has 0 aliphatic carbocycles. The van der Waals surface area contributed by atoms with Crippen LogP contribution >= 0.6 is 0 Å². The second-order valence-electron chi connectivity index (χ2n) is 5.78. The van der Waals surface area contributed by atoms with Crippen molar-refractivity contribution in [2.45, 2.75) is 26.2 Å². The van der Waals surface area contributed by atoms with Crippen LogP contribution in [0.2, 0.25) is 0 Å². The molecule has 1 atom stereocenters. The highest BCUT2D eigenvalue weighted by molar-refractivity contribution is 5.92. The summed E-state index contributed by atoms with van der Waals surface area (Å²) in [5.41, 5.74) is 1.89.